The van der Waals surface area contributed by atoms with E-state index in [1.54, 1.807) is 0 Å². The molecule has 0 aliphatic carbocycles. The summed E-state index contributed by atoms with van der Waals surface area (Å²) in [4.78, 5) is 39.8. The summed E-state index contributed by atoms with van der Waals surface area (Å²) in [6, 6.07) is 0. The van der Waals surface area contributed by atoms with Crippen LogP contribution < -0.4 is 0 Å². The molecule has 0 rings (SSSR count). The third-order valence-electron chi connectivity index (χ3n) is 1.92. The van der Waals surface area contributed by atoms with Gasteiger partial charge in [-0.25, -0.2) is 0 Å². The second-order valence-electron chi connectivity index (χ2n) is 4.99. The van der Waals surface area contributed by atoms with Crippen LogP contribution in [-0.4, -0.2) is 46.6 Å². The summed E-state index contributed by atoms with van der Waals surface area (Å²) in [5, 5.41) is 16.1. The van der Waals surface area contributed by atoms with Crippen LogP contribution in [0.4, 0.5) is 0 Å². The van der Waals surface area contributed by atoms with Gasteiger partial charge in [0, 0.05) is 37.6 Å². The van der Waals surface area contributed by atoms with E-state index >= 15 is 0 Å². The van der Waals surface area contributed by atoms with E-state index in [0.29, 0.717) is 13.2 Å². The van der Waals surface area contributed by atoms with Gasteiger partial charge in [-0.2, -0.15) is 0 Å². The summed E-state index contributed by atoms with van der Waals surface area (Å²) >= 11 is 0. The molecule has 0 saturated heterocycles. The fourth-order valence-corrected chi connectivity index (χ4v) is 0.872. The molecule has 0 spiro atoms. The zero-order valence-electron chi connectivity index (χ0n) is 16.1. The Morgan fingerprint density at radius 2 is 0.960 bits per heavy atom. The third kappa shape index (κ3) is 83.0. The van der Waals surface area contributed by atoms with Gasteiger partial charge in [-0.3, -0.25) is 9.59 Å². The number of rotatable bonds is 8. The zero-order chi connectivity index (χ0) is 20.0. The molecule has 0 saturated carbocycles. The van der Waals surface area contributed by atoms with Gasteiger partial charge in [0.25, 0.3) is 0 Å². The van der Waals surface area contributed by atoms with Crippen LogP contribution in [0.15, 0.2) is 0 Å². The Kier molecular flexibility index (Phi) is 43.9. The van der Waals surface area contributed by atoms with E-state index in [1.165, 1.54) is 13.8 Å². The molecule has 0 aliphatic heterocycles. The molecule has 0 bridgehead atoms. The van der Waals surface area contributed by atoms with E-state index < -0.39 is 0 Å². The summed E-state index contributed by atoms with van der Waals surface area (Å²) in [5.41, 5.74) is 0. The smallest absolute Gasteiger partial charge is 0.396 e. The van der Waals surface area contributed by atoms with Crippen LogP contribution in [0.1, 0.15) is 66.2 Å². The first-order chi connectivity index (χ1) is 11.1. The number of ketones is 4. The summed E-state index contributed by atoms with van der Waals surface area (Å²) in [5.74, 6) is -0.875. The Bertz CT molecular complexity index is 270. The Hall–Kier alpha value is -0.777. The average molecular weight is 438 g/mol. The van der Waals surface area contributed by atoms with Crippen molar-refractivity contribution in [2.24, 2.45) is 0 Å². The van der Waals surface area contributed by atoms with E-state index in [9.17, 15) is 19.2 Å². The number of carbonyl (C=O) groups is 4. The number of carbonyl (C=O) groups excluding carboxylic acids is 4. The van der Waals surface area contributed by atoms with Crippen molar-refractivity contribution in [1.82, 2.24) is 0 Å². The van der Waals surface area contributed by atoms with E-state index in [1.807, 2.05) is 0 Å². The summed E-state index contributed by atoms with van der Waals surface area (Å²) in [6.45, 7) is 13.6. The molecule has 0 atom stereocenters. The van der Waals surface area contributed by atoms with Gasteiger partial charge < -0.3 is 33.6 Å². The number of aliphatic hydroxyl groups is 2. The molecule has 0 unspecified atom stereocenters. The van der Waals surface area contributed by atoms with Crippen molar-refractivity contribution in [2.45, 2.75) is 66.2 Å². The second-order valence-corrected chi connectivity index (χ2v) is 4.99. The Balaban J connectivity index is -0.0000000711. The van der Waals surface area contributed by atoms with Crippen molar-refractivity contribution < 1.29 is 55.6 Å². The molecule has 0 radical (unpaired) electrons. The van der Waals surface area contributed by atoms with Crippen molar-refractivity contribution in [2.75, 3.05) is 13.2 Å². The van der Waals surface area contributed by atoms with Gasteiger partial charge in [0.15, 0.2) is 0 Å². The maximum absolute atomic E-state index is 9.99. The number of hydrogen-bond donors (Lipinski definition) is 2. The summed E-state index contributed by atoms with van der Waals surface area (Å²) in [6.07, 6.45) is 4.02. The van der Waals surface area contributed by atoms with Gasteiger partial charge in [0.2, 0.25) is 0 Å². The molecule has 25 heavy (non-hydrogen) atoms. The van der Waals surface area contributed by atoms with Crippen LogP contribution in [0.3, 0.4) is 0 Å². The average Bonchev–Trinajstić information content (AvgIpc) is 2.39. The molecule has 0 aromatic heterocycles. The van der Waals surface area contributed by atoms with Crippen LogP contribution in [0.25, 0.3) is 0 Å². The molecule has 2 N–H and O–H groups in total. The van der Waals surface area contributed by atoms with Crippen LogP contribution in [0.5, 0.6) is 0 Å². The first kappa shape index (κ1) is 35.4. The Labute approximate surface area is 171 Å². The summed E-state index contributed by atoms with van der Waals surface area (Å²) < 4.78 is 0. The topological polar surface area (TPSA) is 109 Å². The Morgan fingerprint density at radius 3 is 0.960 bits per heavy atom. The van der Waals surface area contributed by atoms with Crippen molar-refractivity contribution >= 4 is 23.1 Å². The second kappa shape index (κ2) is 31.0. The van der Waals surface area contributed by atoms with Gasteiger partial charge in [-0.1, -0.05) is 26.7 Å². The fraction of sp³-hybridized carbons (Fsp3) is 0.667. The van der Waals surface area contributed by atoms with Gasteiger partial charge in [-0.15, -0.1) is 0 Å². The van der Waals surface area contributed by atoms with E-state index in [4.69, 9.17) is 10.2 Å². The molecule has 0 heterocycles. The zero-order valence-corrected chi connectivity index (χ0v) is 18.6. The van der Waals surface area contributed by atoms with E-state index in [0.717, 1.165) is 25.7 Å². The molecule has 0 aromatic carbocycles. The van der Waals surface area contributed by atoms with Crippen molar-refractivity contribution in [3.8, 4) is 0 Å². The molecule has 0 aliphatic rings. The number of hydrogen-bond acceptors (Lipinski definition) is 6. The van der Waals surface area contributed by atoms with Gasteiger partial charge in [0.1, 0.15) is 11.6 Å². The SMILES string of the molecule is CCCCO.CCCCO.[CH2-]C(=O)CC(C)=O.[CH2-]C(=O)CC(C)=O.[Zr+2]. The summed E-state index contributed by atoms with van der Waals surface area (Å²) in [7, 11) is 0. The number of unbranched alkanes of at least 4 members (excludes halogenated alkanes) is 2. The molecule has 0 amide bonds. The molecular weight excluding hydrogens is 403 g/mol. The maximum atomic E-state index is 9.99. The molecule has 7 heteroatoms. The monoisotopic (exact) mass is 436 g/mol. The number of Topliss-reactive ketones (excluding diaryl/α,β-unsaturated/α-hetero) is 4. The van der Waals surface area contributed by atoms with Crippen LogP contribution in [0.2, 0.25) is 0 Å². The molecule has 0 fully saturated rings. The van der Waals surface area contributed by atoms with Gasteiger partial charge >= 0.3 is 26.2 Å². The molecule has 0 aromatic rings. The normalized spacial score (nSPS) is 7.92. The molecule has 146 valence electrons. The van der Waals surface area contributed by atoms with Crippen LogP contribution in [0, 0.1) is 13.8 Å². The predicted octanol–water partition coefficient (Wildman–Crippen LogP) is 2.29. The van der Waals surface area contributed by atoms with E-state index in [-0.39, 0.29) is 62.2 Å². The standard InChI is InChI=1S/2C5H7O2.2C4H10O.Zr/c2*1-4(6)3-5(2)7;2*1-2-3-4-5;/h2*1,3H2,2H3;2*5H,2-4H2,1H3;/q2*-1;;;+2. The third-order valence-corrected chi connectivity index (χ3v) is 1.92. The van der Waals surface area contributed by atoms with Gasteiger partial charge in [-0.05, 0) is 26.7 Å². The molecule has 6 nitrogen and oxygen atoms in total. The van der Waals surface area contributed by atoms with Crippen LogP contribution >= 0.6 is 0 Å². The van der Waals surface area contributed by atoms with Crippen molar-refractivity contribution in [3.63, 3.8) is 0 Å². The quantitative estimate of drug-likeness (QED) is 0.445. The van der Waals surface area contributed by atoms with Crippen molar-refractivity contribution in [1.29, 1.82) is 0 Å². The molecular formula is C18H34O6Zr. The first-order valence-electron chi connectivity index (χ1n) is 7.98. The number of aliphatic hydroxyl groups excluding tert-OH is 2. The van der Waals surface area contributed by atoms with Crippen molar-refractivity contribution in [3.05, 3.63) is 13.8 Å². The van der Waals surface area contributed by atoms with Gasteiger partial charge in [0.05, 0.1) is 0 Å². The predicted molar refractivity (Wildman–Crippen MR) is 95.3 cm³/mol. The van der Waals surface area contributed by atoms with Crippen LogP contribution in [-0.2, 0) is 45.4 Å². The minimum atomic E-state index is -0.312. The first-order valence-corrected chi connectivity index (χ1v) is 7.98. The minimum absolute atomic E-state index is 0. The van der Waals surface area contributed by atoms with E-state index in [2.05, 4.69) is 27.7 Å². The largest absolute Gasteiger partial charge is 2.00 e. The fourth-order valence-electron chi connectivity index (χ4n) is 0.872. The Morgan fingerprint density at radius 1 is 0.720 bits per heavy atom. The maximum Gasteiger partial charge on any atom is 2.00 e. The minimum Gasteiger partial charge on any atom is -0.396 e.